The topological polar surface area (TPSA) is 17.1 Å². The lowest BCUT2D eigenvalue weighted by Crippen LogP contribution is -1.95. The van der Waals surface area contributed by atoms with E-state index in [1.165, 1.54) is 0 Å². The molecule has 1 heteroatoms. The molecule has 0 aliphatic carbocycles. The molecule has 0 amide bonds. The summed E-state index contributed by atoms with van der Waals surface area (Å²) in [7, 11) is 0. The molecule has 68 valence electrons. The summed E-state index contributed by atoms with van der Waals surface area (Å²) in [5, 5.41) is 0. The number of rotatable bonds is 4. The molecule has 0 saturated carbocycles. The van der Waals surface area contributed by atoms with Crippen LogP contribution >= 0.6 is 0 Å². The maximum absolute atomic E-state index is 10.8. The van der Waals surface area contributed by atoms with Crippen LogP contribution in [0.5, 0.6) is 0 Å². The van der Waals surface area contributed by atoms with E-state index in [0.29, 0.717) is 0 Å². The number of hydrogen-bond donors (Lipinski definition) is 0. The molecule has 0 saturated heterocycles. The van der Waals surface area contributed by atoms with Crippen LogP contribution < -0.4 is 0 Å². The molecule has 0 radical (unpaired) electrons. The first-order valence-corrected chi connectivity index (χ1v) is 4.55. The van der Waals surface area contributed by atoms with Crippen LogP contribution in [-0.2, 0) is 4.79 Å². The van der Waals surface area contributed by atoms with Crippen molar-refractivity contribution in [3.8, 4) is 0 Å². The Labute approximate surface area is 79.1 Å². The first kappa shape index (κ1) is 9.72. The summed E-state index contributed by atoms with van der Waals surface area (Å²) in [4.78, 5) is 10.8. The van der Waals surface area contributed by atoms with E-state index >= 15 is 0 Å². The molecule has 0 heterocycles. The van der Waals surface area contributed by atoms with Gasteiger partial charge in [-0.3, -0.25) is 0 Å². The van der Waals surface area contributed by atoms with Crippen LogP contribution in [-0.4, -0.2) is 6.29 Å². The lowest BCUT2D eigenvalue weighted by Gasteiger charge is -2.03. The third-order valence-corrected chi connectivity index (χ3v) is 1.91. The fourth-order valence-corrected chi connectivity index (χ4v) is 1.19. The quantitative estimate of drug-likeness (QED) is 0.506. The van der Waals surface area contributed by atoms with Crippen LogP contribution in [0.2, 0.25) is 0 Å². The minimum absolute atomic E-state index is 0.0823. The molecular formula is C12H14O. The molecule has 0 bridgehead atoms. The van der Waals surface area contributed by atoms with Gasteiger partial charge in [0, 0.05) is 0 Å². The molecule has 1 rings (SSSR count). The highest BCUT2D eigenvalue weighted by molar-refractivity contribution is 5.65. The van der Waals surface area contributed by atoms with Crippen molar-refractivity contribution in [2.45, 2.75) is 19.3 Å². The number of allylic oxidation sites excluding steroid dienone is 2. The van der Waals surface area contributed by atoms with Gasteiger partial charge in [-0.05, 0) is 12.0 Å². The minimum Gasteiger partial charge on any atom is -0.302 e. The van der Waals surface area contributed by atoms with E-state index in [4.69, 9.17) is 0 Å². The smallest absolute Gasteiger partial charge is 0.131 e. The van der Waals surface area contributed by atoms with Crippen molar-refractivity contribution in [1.29, 1.82) is 0 Å². The van der Waals surface area contributed by atoms with Gasteiger partial charge in [-0.15, -0.1) is 0 Å². The van der Waals surface area contributed by atoms with Gasteiger partial charge in [0.15, 0.2) is 0 Å². The normalized spacial score (nSPS) is 13.0. The van der Waals surface area contributed by atoms with Gasteiger partial charge < -0.3 is 4.79 Å². The summed E-state index contributed by atoms with van der Waals surface area (Å²) < 4.78 is 0. The van der Waals surface area contributed by atoms with E-state index in [-0.39, 0.29) is 5.92 Å². The van der Waals surface area contributed by atoms with E-state index < -0.39 is 0 Å². The lowest BCUT2D eigenvalue weighted by atomic mass is 10.0. The Morgan fingerprint density at radius 2 is 2.00 bits per heavy atom. The Hall–Kier alpha value is -1.37. The molecule has 0 aliphatic heterocycles. The Morgan fingerprint density at radius 3 is 2.54 bits per heavy atom. The summed E-state index contributed by atoms with van der Waals surface area (Å²) in [6, 6.07) is 9.80. The molecule has 1 aromatic carbocycles. The Kier molecular flexibility index (Phi) is 3.97. The molecule has 1 unspecified atom stereocenters. The van der Waals surface area contributed by atoms with E-state index in [9.17, 15) is 4.79 Å². The second kappa shape index (κ2) is 5.31. The lowest BCUT2D eigenvalue weighted by molar-refractivity contribution is -0.108. The van der Waals surface area contributed by atoms with Gasteiger partial charge in [0.05, 0.1) is 5.92 Å². The third-order valence-electron chi connectivity index (χ3n) is 1.91. The molecule has 13 heavy (non-hydrogen) atoms. The van der Waals surface area contributed by atoms with Crippen molar-refractivity contribution < 1.29 is 4.79 Å². The molecule has 1 atom stereocenters. The predicted octanol–water partition coefficient (Wildman–Crippen LogP) is 2.94. The highest BCUT2D eigenvalue weighted by Gasteiger charge is 2.03. The first-order valence-electron chi connectivity index (χ1n) is 4.55. The number of carbonyl (C=O) groups excluding carboxylic acids is 1. The van der Waals surface area contributed by atoms with Gasteiger partial charge in [0.1, 0.15) is 6.29 Å². The highest BCUT2D eigenvalue weighted by Crippen LogP contribution is 2.14. The maximum atomic E-state index is 10.8. The van der Waals surface area contributed by atoms with Gasteiger partial charge in [-0.2, -0.15) is 0 Å². The van der Waals surface area contributed by atoms with Gasteiger partial charge in [-0.1, -0.05) is 49.4 Å². The monoisotopic (exact) mass is 174 g/mol. The fraction of sp³-hybridized carbons (Fsp3) is 0.250. The van der Waals surface area contributed by atoms with E-state index in [2.05, 4.69) is 6.92 Å². The predicted molar refractivity (Wildman–Crippen MR) is 54.7 cm³/mol. The zero-order chi connectivity index (χ0) is 9.52. The largest absolute Gasteiger partial charge is 0.302 e. The summed E-state index contributed by atoms with van der Waals surface area (Å²) in [6.45, 7) is 2.06. The highest BCUT2D eigenvalue weighted by atomic mass is 16.1. The molecule has 1 aromatic rings. The average Bonchev–Trinajstić information content (AvgIpc) is 2.21. The zero-order valence-electron chi connectivity index (χ0n) is 7.81. The van der Waals surface area contributed by atoms with Crippen LogP contribution in [0.1, 0.15) is 24.8 Å². The standard InChI is InChI=1S/C12H14O/c1-2-3-7-12(10-13)11-8-5-4-6-9-11/h3-10,12H,2H2,1H3/b7-3+. The Bertz CT molecular complexity index is 274. The number of carbonyl (C=O) groups is 1. The molecule has 0 spiro atoms. The molecule has 0 aromatic heterocycles. The average molecular weight is 174 g/mol. The Balaban J connectivity index is 2.78. The van der Waals surface area contributed by atoms with Gasteiger partial charge in [-0.25, -0.2) is 0 Å². The summed E-state index contributed by atoms with van der Waals surface area (Å²) in [5.41, 5.74) is 1.06. The van der Waals surface area contributed by atoms with E-state index in [0.717, 1.165) is 18.3 Å². The van der Waals surface area contributed by atoms with Gasteiger partial charge in [0.2, 0.25) is 0 Å². The van der Waals surface area contributed by atoms with Crippen molar-refractivity contribution in [3.05, 3.63) is 48.0 Å². The van der Waals surface area contributed by atoms with Crippen LogP contribution in [0, 0.1) is 0 Å². The molecule has 0 N–H and O–H groups in total. The second-order valence-corrected chi connectivity index (χ2v) is 2.91. The van der Waals surface area contributed by atoms with Crippen LogP contribution in [0.4, 0.5) is 0 Å². The molecule has 1 nitrogen and oxygen atoms in total. The second-order valence-electron chi connectivity index (χ2n) is 2.91. The van der Waals surface area contributed by atoms with Crippen molar-refractivity contribution in [2.75, 3.05) is 0 Å². The molecule has 0 fully saturated rings. The van der Waals surface area contributed by atoms with Crippen molar-refractivity contribution in [2.24, 2.45) is 0 Å². The van der Waals surface area contributed by atoms with Gasteiger partial charge >= 0.3 is 0 Å². The SMILES string of the molecule is CC/C=C/C(C=O)c1ccccc1. The van der Waals surface area contributed by atoms with Crippen molar-refractivity contribution in [1.82, 2.24) is 0 Å². The van der Waals surface area contributed by atoms with Crippen molar-refractivity contribution in [3.63, 3.8) is 0 Å². The molecular weight excluding hydrogens is 160 g/mol. The fourth-order valence-electron chi connectivity index (χ4n) is 1.19. The summed E-state index contributed by atoms with van der Waals surface area (Å²) in [5.74, 6) is -0.0823. The zero-order valence-corrected chi connectivity index (χ0v) is 7.81. The van der Waals surface area contributed by atoms with E-state index in [1.54, 1.807) is 0 Å². The third kappa shape index (κ3) is 2.86. The number of hydrogen-bond acceptors (Lipinski definition) is 1. The van der Waals surface area contributed by atoms with Crippen LogP contribution in [0.3, 0.4) is 0 Å². The summed E-state index contributed by atoms with van der Waals surface area (Å²) in [6.07, 6.45) is 5.91. The first-order chi connectivity index (χ1) is 6.38. The summed E-state index contributed by atoms with van der Waals surface area (Å²) >= 11 is 0. The Morgan fingerprint density at radius 1 is 1.31 bits per heavy atom. The van der Waals surface area contributed by atoms with E-state index in [1.807, 2.05) is 42.5 Å². The maximum Gasteiger partial charge on any atom is 0.131 e. The van der Waals surface area contributed by atoms with Crippen LogP contribution in [0.15, 0.2) is 42.5 Å². The minimum atomic E-state index is -0.0823. The molecule has 0 aliphatic rings. The number of aldehydes is 1. The van der Waals surface area contributed by atoms with Crippen LogP contribution in [0.25, 0.3) is 0 Å². The number of benzene rings is 1. The van der Waals surface area contributed by atoms with Gasteiger partial charge in [0.25, 0.3) is 0 Å². The van der Waals surface area contributed by atoms with Crippen molar-refractivity contribution >= 4 is 6.29 Å².